The number of para-hydroxylation sites is 1. The van der Waals surface area contributed by atoms with Crippen LogP contribution < -0.4 is 4.90 Å². The highest BCUT2D eigenvalue weighted by Gasteiger charge is 2.33. The number of rotatable bonds is 4. The predicted octanol–water partition coefficient (Wildman–Crippen LogP) is 5.34. The molecule has 30 heavy (non-hydrogen) atoms. The lowest BCUT2D eigenvalue weighted by atomic mass is 10.1. The Morgan fingerprint density at radius 1 is 0.967 bits per heavy atom. The smallest absolute Gasteiger partial charge is 0.338 e. The monoisotopic (exact) mass is 417 g/mol. The van der Waals surface area contributed by atoms with Crippen LogP contribution in [0.1, 0.15) is 33.1 Å². The number of ether oxygens (including phenoxy) is 1. The Bertz CT molecular complexity index is 1060. The molecule has 0 bridgehead atoms. The average Bonchev–Trinajstić information content (AvgIpc) is 2.76. The van der Waals surface area contributed by atoms with Crippen molar-refractivity contribution in [1.82, 2.24) is 0 Å². The molecule has 0 aromatic heterocycles. The fraction of sp³-hybridized carbons (Fsp3) is 0.200. The van der Waals surface area contributed by atoms with Crippen molar-refractivity contribution in [3.8, 4) is 0 Å². The number of hydrogen-bond donors (Lipinski definition) is 0. The van der Waals surface area contributed by atoms with Crippen LogP contribution in [0, 0.1) is 13.8 Å². The van der Waals surface area contributed by atoms with Crippen molar-refractivity contribution < 1.29 is 14.3 Å². The summed E-state index contributed by atoms with van der Waals surface area (Å²) in [5, 5.41) is 0. The van der Waals surface area contributed by atoms with Crippen molar-refractivity contribution in [3.05, 3.63) is 95.1 Å². The van der Waals surface area contributed by atoms with Crippen molar-refractivity contribution in [2.75, 3.05) is 17.3 Å². The molecule has 0 saturated heterocycles. The molecule has 1 heterocycles. The van der Waals surface area contributed by atoms with E-state index in [2.05, 4.69) is 0 Å². The van der Waals surface area contributed by atoms with Gasteiger partial charge in [0.25, 0.3) is 5.91 Å². The quantitative estimate of drug-likeness (QED) is 0.538. The van der Waals surface area contributed by atoms with Crippen LogP contribution in [0.2, 0.25) is 0 Å². The van der Waals surface area contributed by atoms with Gasteiger partial charge >= 0.3 is 5.97 Å². The number of anilines is 1. The summed E-state index contributed by atoms with van der Waals surface area (Å²) in [6.07, 6.45) is 0. The van der Waals surface area contributed by atoms with Gasteiger partial charge in [-0.2, -0.15) is 0 Å². The van der Waals surface area contributed by atoms with E-state index in [9.17, 15) is 9.59 Å². The third kappa shape index (κ3) is 4.26. The molecule has 0 fully saturated rings. The van der Waals surface area contributed by atoms with E-state index in [0.29, 0.717) is 5.56 Å². The summed E-state index contributed by atoms with van der Waals surface area (Å²) < 4.78 is 5.42. The molecule has 0 spiro atoms. The number of thioether (sulfide) groups is 1. The van der Waals surface area contributed by atoms with E-state index in [1.54, 1.807) is 28.8 Å². The molecule has 1 aliphatic rings. The molecule has 0 radical (unpaired) electrons. The van der Waals surface area contributed by atoms with Crippen LogP contribution in [-0.4, -0.2) is 24.2 Å². The first-order valence-electron chi connectivity index (χ1n) is 9.87. The maximum absolute atomic E-state index is 13.3. The third-order valence-corrected chi connectivity index (χ3v) is 6.21. The van der Waals surface area contributed by atoms with Gasteiger partial charge in [-0.1, -0.05) is 59.7 Å². The number of fused-ring (bicyclic) bond motifs is 1. The molecule has 4 rings (SSSR count). The largest absolute Gasteiger partial charge is 0.452 e. The minimum Gasteiger partial charge on any atom is -0.452 e. The lowest BCUT2D eigenvalue weighted by Gasteiger charge is -2.37. The van der Waals surface area contributed by atoms with Gasteiger partial charge in [0.05, 0.1) is 17.3 Å². The summed E-state index contributed by atoms with van der Waals surface area (Å²) in [6, 6.07) is 23.3. The SMILES string of the molecule is Cc1cc(C)cc(C(=O)OCC(=O)N2c3ccccc3SC[C@H]2c2ccccc2)c1. The highest BCUT2D eigenvalue weighted by atomic mass is 32.2. The van der Waals surface area contributed by atoms with E-state index in [1.165, 1.54) is 0 Å². The number of carbonyl (C=O) groups excluding carboxylic acids is 2. The maximum atomic E-state index is 13.3. The van der Waals surface area contributed by atoms with Gasteiger partial charge in [-0.15, -0.1) is 11.8 Å². The van der Waals surface area contributed by atoms with Gasteiger partial charge in [0.15, 0.2) is 6.61 Å². The summed E-state index contributed by atoms with van der Waals surface area (Å²) in [5.41, 5.74) is 4.36. The minimum absolute atomic E-state index is 0.112. The molecule has 1 amide bonds. The molecule has 0 saturated carbocycles. The number of carbonyl (C=O) groups is 2. The molecule has 1 aliphatic heterocycles. The number of nitrogens with zero attached hydrogens (tertiary/aromatic N) is 1. The second-order valence-electron chi connectivity index (χ2n) is 7.42. The van der Waals surface area contributed by atoms with Crippen LogP contribution in [0.3, 0.4) is 0 Å². The number of amides is 1. The van der Waals surface area contributed by atoms with Crippen LogP contribution in [0.5, 0.6) is 0 Å². The van der Waals surface area contributed by atoms with Gasteiger partial charge in [0.1, 0.15) is 0 Å². The summed E-state index contributed by atoms with van der Waals surface area (Å²) in [4.78, 5) is 28.6. The Labute approximate surface area is 180 Å². The first kappa shape index (κ1) is 20.2. The summed E-state index contributed by atoms with van der Waals surface area (Å²) in [7, 11) is 0. The molecule has 1 atom stereocenters. The molecule has 0 N–H and O–H groups in total. The molecular formula is C25H23NO3S. The van der Waals surface area contributed by atoms with Crippen molar-refractivity contribution in [1.29, 1.82) is 0 Å². The van der Waals surface area contributed by atoms with Crippen molar-refractivity contribution in [2.24, 2.45) is 0 Å². The fourth-order valence-corrected chi connectivity index (χ4v) is 4.96. The molecule has 152 valence electrons. The maximum Gasteiger partial charge on any atom is 0.338 e. The van der Waals surface area contributed by atoms with Crippen LogP contribution in [0.25, 0.3) is 0 Å². The highest BCUT2D eigenvalue weighted by Crippen LogP contribution is 2.43. The van der Waals surface area contributed by atoms with E-state index < -0.39 is 5.97 Å². The molecule has 0 aliphatic carbocycles. The fourth-order valence-electron chi connectivity index (χ4n) is 3.79. The van der Waals surface area contributed by atoms with Gasteiger partial charge in [-0.3, -0.25) is 9.69 Å². The number of hydrogen-bond acceptors (Lipinski definition) is 4. The Kier molecular flexibility index (Phi) is 5.91. The average molecular weight is 418 g/mol. The van der Waals surface area contributed by atoms with Crippen LogP contribution in [0.4, 0.5) is 5.69 Å². The normalized spacial score (nSPS) is 15.4. The van der Waals surface area contributed by atoms with Gasteiger partial charge in [-0.05, 0) is 43.7 Å². The van der Waals surface area contributed by atoms with Crippen LogP contribution in [-0.2, 0) is 9.53 Å². The molecule has 4 nitrogen and oxygen atoms in total. The zero-order chi connectivity index (χ0) is 21.1. The number of benzene rings is 3. The Hall–Kier alpha value is -3.05. The van der Waals surface area contributed by atoms with Crippen molar-refractivity contribution in [3.63, 3.8) is 0 Å². The van der Waals surface area contributed by atoms with E-state index in [1.807, 2.05) is 74.5 Å². The second kappa shape index (κ2) is 8.76. The summed E-state index contributed by atoms with van der Waals surface area (Å²) in [5.74, 6) is 0.0399. The molecular weight excluding hydrogens is 394 g/mol. The standard InChI is InChI=1S/C25H23NO3S/c1-17-12-18(2)14-20(13-17)25(28)29-15-24(27)26-21-10-6-7-11-23(21)30-16-22(26)19-8-4-3-5-9-19/h3-14,22H,15-16H2,1-2H3/t22-/m0/s1. The Morgan fingerprint density at radius 3 is 2.37 bits per heavy atom. The molecule has 3 aromatic carbocycles. The van der Waals surface area contributed by atoms with E-state index in [-0.39, 0.29) is 18.6 Å². The first-order chi connectivity index (χ1) is 14.5. The lowest BCUT2D eigenvalue weighted by Crippen LogP contribution is -2.41. The minimum atomic E-state index is -0.480. The van der Waals surface area contributed by atoms with Gasteiger partial charge in [0, 0.05) is 10.6 Å². The van der Waals surface area contributed by atoms with Crippen LogP contribution >= 0.6 is 11.8 Å². The van der Waals surface area contributed by atoms with Gasteiger partial charge < -0.3 is 4.74 Å². The second-order valence-corrected chi connectivity index (χ2v) is 8.48. The molecule has 3 aromatic rings. The Balaban J connectivity index is 1.57. The number of aryl methyl sites for hydroxylation is 2. The zero-order valence-electron chi connectivity index (χ0n) is 17.0. The molecule has 5 heteroatoms. The molecule has 0 unspecified atom stereocenters. The summed E-state index contributed by atoms with van der Waals surface area (Å²) >= 11 is 1.74. The summed E-state index contributed by atoms with van der Waals surface area (Å²) in [6.45, 7) is 3.57. The van der Waals surface area contributed by atoms with Crippen LogP contribution in [0.15, 0.2) is 77.7 Å². The number of esters is 1. The highest BCUT2D eigenvalue weighted by molar-refractivity contribution is 7.99. The van der Waals surface area contributed by atoms with Gasteiger partial charge in [-0.25, -0.2) is 4.79 Å². The lowest BCUT2D eigenvalue weighted by molar-refractivity contribution is -0.122. The van der Waals surface area contributed by atoms with E-state index in [0.717, 1.165) is 33.0 Å². The predicted molar refractivity (Wildman–Crippen MR) is 120 cm³/mol. The Morgan fingerprint density at radius 2 is 1.63 bits per heavy atom. The zero-order valence-corrected chi connectivity index (χ0v) is 17.8. The van der Waals surface area contributed by atoms with Gasteiger partial charge in [0.2, 0.25) is 0 Å². The van der Waals surface area contributed by atoms with E-state index >= 15 is 0 Å². The topological polar surface area (TPSA) is 46.6 Å². The van der Waals surface area contributed by atoms with E-state index in [4.69, 9.17) is 4.74 Å². The third-order valence-electron chi connectivity index (χ3n) is 5.07. The van der Waals surface area contributed by atoms with Crippen molar-refractivity contribution >= 4 is 29.3 Å². The first-order valence-corrected chi connectivity index (χ1v) is 10.9. The van der Waals surface area contributed by atoms with Crippen molar-refractivity contribution in [2.45, 2.75) is 24.8 Å².